The van der Waals surface area contributed by atoms with Gasteiger partial charge in [0, 0.05) is 5.39 Å². The van der Waals surface area contributed by atoms with Crippen LogP contribution in [-0.2, 0) is 10.9 Å². The van der Waals surface area contributed by atoms with Crippen molar-refractivity contribution >= 4 is 34.3 Å². The standard InChI is InChI=1S/C17H10ClF4N3O3/c1-28-16(27)11-13(23)7-5-6-10(17(20,21)22)24-14(7)25(15(11)26)9-4-2-3-8(19)12(9)18/h2-6H,23H2,1H3. The van der Waals surface area contributed by atoms with E-state index in [9.17, 15) is 27.2 Å². The van der Waals surface area contributed by atoms with Crippen molar-refractivity contribution in [1.82, 2.24) is 9.55 Å². The number of aromatic nitrogens is 2. The second kappa shape index (κ2) is 6.79. The summed E-state index contributed by atoms with van der Waals surface area (Å²) in [5.41, 5.74) is 1.44. The molecule has 2 N–H and O–H groups in total. The Morgan fingerprint density at radius 3 is 2.54 bits per heavy atom. The Morgan fingerprint density at radius 1 is 1.25 bits per heavy atom. The summed E-state index contributed by atoms with van der Waals surface area (Å²) in [4.78, 5) is 28.4. The number of hydrogen-bond acceptors (Lipinski definition) is 5. The van der Waals surface area contributed by atoms with Crippen LogP contribution in [0.15, 0.2) is 35.1 Å². The molecule has 2 aromatic heterocycles. The largest absolute Gasteiger partial charge is 0.465 e. The Balaban J connectivity index is 2.57. The molecule has 3 aromatic rings. The third-order valence-corrected chi connectivity index (χ3v) is 4.29. The van der Waals surface area contributed by atoms with Crippen molar-refractivity contribution in [3.8, 4) is 5.69 Å². The fourth-order valence-corrected chi connectivity index (χ4v) is 2.84. The van der Waals surface area contributed by atoms with Gasteiger partial charge in [0.15, 0.2) is 0 Å². The molecule has 146 valence electrons. The summed E-state index contributed by atoms with van der Waals surface area (Å²) in [6.45, 7) is 0. The zero-order valence-electron chi connectivity index (χ0n) is 14.0. The molecule has 0 amide bonds. The van der Waals surface area contributed by atoms with Gasteiger partial charge in [-0.15, -0.1) is 0 Å². The number of carbonyl (C=O) groups is 1. The molecule has 0 aliphatic rings. The number of hydrogen-bond donors (Lipinski definition) is 1. The maximum atomic E-state index is 13.9. The van der Waals surface area contributed by atoms with Crippen LogP contribution < -0.4 is 11.3 Å². The van der Waals surface area contributed by atoms with E-state index in [2.05, 4.69) is 9.72 Å². The number of pyridine rings is 2. The van der Waals surface area contributed by atoms with Crippen LogP contribution in [0.4, 0.5) is 23.2 Å². The highest BCUT2D eigenvalue weighted by Crippen LogP contribution is 2.32. The molecule has 6 nitrogen and oxygen atoms in total. The third-order valence-electron chi connectivity index (χ3n) is 3.92. The van der Waals surface area contributed by atoms with E-state index in [4.69, 9.17) is 17.3 Å². The summed E-state index contributed by atoms with van der Waals surface area (Å²) in [6, 6.07) is 4.96. The SMILES string of the molecule is COC(=O)c1c(N)c2ccc(C(F)(F)F)nc2n(-c2cccc(F)c2Cl)c1=O. The molecule has 0 fully saturated rings. The van der Waals surface area contributed by atoms with Crippen LogP contribution in [0, 0.1) is 5.82 Å². The number of benzene rings is 1. The van der Waals surface area contributed by atoms with Crippen LogP contribution in [0.1, 0.15) is 16.1 Å². The minimum absolute atomic E-state index is 0.145. The lowest BCUT2D eigenvalue weighted by Crippen LogP contribution is -2.29. The van der Waals surface area contributed by atoms with E-state index in [-0.39, 0.29) is 11.1 Å². The van der Waals surface area contributed by atoms with E-state index in [1.165, 1.54) is 12.1 Å². The molecule has 0 radical (unpaired) electrons. The first-order valence-corrected chi connectivity index (χ1v) is 7.90. The summed E-state index contributed by atoms with van der Waals surface area (Å²) in [5, 5.41) is -0.695. The molecule has 28 heavy (non-hydrogen) atoms. The molecular formula is C17H10ClF4N3O3. The lowest BCUT2D eigenvalue weighted by molar-refractivity contribution is -0.141. The van der Waals surface area contributed by atoms with E-state index in [0.29, 0.717) is 10.6 Å². The van der Waals surface area contributed by atoms with Gasteiger partial charge < -0.3 is 10.5 Å². The number of esters is 1. The van der Waals surface area contributed by atoms with Gasteiger partial charge in [0.1, 0.15) is 27.7 Å². The number of alkyl halides is 3. The van der Waals surface area contributed by atoms with Crippen molar-refractivity contribution in [1.29, 1.82) is 0 Å². The Kier molecular flexibility index (Phi) is 4.76. The Bertz CT molecular complexity index is 1170. The van der Waals surface area contributed by atoms with Crippen molar-refractivity contribution in [3.05, 3.63) is 62.8 Å². The van der Waals surface area contributed by atoms with Gasteiger partial charge in [-0.1, -0.05) is 17.7 Å². The highest BCUT2D eigenvalue weighted by molar-refractivity contribution is 6.32. The predicted octanol–water partition coefficient (Wildman–Crippen LogP) is 3.57. The smallest absolute Gasteiger partial charge is 0.433 e. The van der Waals surface area contributed by atoms with Gasteiger partial charge in [-0.25, -0.2) is 14.2 Å². The van der Waals surface area contributed by atoms with E-state index < -0.39 is 51.1 Å². The van der Waals surface area contributed by atoms with E-state index in [1.54, 1.807) is 0 Å². The Hall–Kier alpha value is -3.14. The topological polar surface area (TPSA) is 87.2 Å². The lowest BCUT2D eigenvalue weighted by Gasteiger charge is -2.16. The summed E-state index contributed by atoms with van der Waals surface area (Å²) in [7, 11) is 0.996. The molecule has 11 heteroatoms. The molecule has 0 spiro atoms. The molecule has 0 unspecified atom stereocenters. The van der Waals surface area contributed by atoms with Gasteiger partial charge in [-0.2, -0.15) is 13.2 Å². The number of rotatable bonds is 2. The second-order valence-electron chi connectivity index (χ2n) is 5.56. The molecule has 2 heterocycles. The molecule has 0 saturated heterocycles. The monoisotopic (exact) mass is 415 g/mol. The number of anilines is 1. The maximum Gasteiger partial charge on any atom is 0.433 e. The number of ether oxygens (including phenoxy) is 1. The number of nitrogen functional groups attached to an aromatic ring is 1. The number of carbonyl (C=O) groups excluding carboxylic acids is 1. The molecule has 1 aromatic carbocycles. The van der Waals surface area contributed by atoms with Gasteiger partial charge in [-0.05, 0) is 24.3 Å². The fraction of sp³-hybridized carbons (Fsp3) is 0.118. The fourth-order valence-electron chi connectivity index (χ4n) is 2.63. The normalized spacial score (nSPS) is 11.6. The average molecular weight is 416 g/mol. The molecule has 3 rings (SSSR count). The summed E-state index contributed by atoms with van der Waals surface area (Å²) < 4.78 is 58.4. The summed E-state index contributed by atoms with van der Waals surface area (Å²) in [6.07, 6.45) is -4.82. The van der Waals surface area contributed by atoms with Gasteiger partial charge in [0.2, 0.25) is 0 Å². The lowest BCUT2D eigenvalue weighted by atomic mass is 10.1. The first-order chi connectivity index (χ1) is 13.1. The average Bonchev–Trinajstić information content (AvgIpc) is 2.63. The highest BCUT2D eigenvalue weighted by atomic mass is 35.5. The Morgan fingerprint density at radius 2 is 1.93 bits per heavy atom. The van der Waals surface area contributed by atoms with Crippen molar-refractivity contribution in [2.75, 3.05) is 12.8 Å². The van der Waals surface area contributed by atoms with E-state index in [1.807, 2.05) is 0 Å². The van der Waals surface area contributed by atoms with Crippen LogP contribution >= 0.6 is 11.6 Å². The van der Waals surface area contributed by atoms with Crippen LogP contribution in [0.5, 0.6) is 0 Å². The Labute approximate surface area is 159 Å². The second-order valence-corrected chi connectivity index (χ2v) is 5.94. The zero-order valence-corrected chi connectivity index (χ0v) is 14.7. The van der Waals surface area contributed by atoms with E-state index in [0.717, 1.165) is 19.2 Å². The molecular weight excluding hydrogens is 406 g/mol. The van der Waals surface area contributed by atoms with Crippen LogP contribution in [0.2, 0.25) is 5.02 Å². The molecule has 0 atom stereocenters. The number of nitrogens with zero attached hydrogens (tertiary/aromatic N) is 2. The summed E-state index contributed by atoms with van der Waals surface area (Å²) in [5.74, 6) is -2.05. The predicted molar refractivity (Wildman–Crippen MR) is 93.1 cm³/mol. The van der Waals surface area contributed by atoms with Crippen LogP contribution in [-0.4, -0.2) is 22.6 Å². The van der Waals surface area contributed by atoms with Gasteiger partial charge in [0.05, 0.1) is 18.5 Å². The molecule has 0 aliphatic heterocycles. The highest BCUT2D eigenvalue weighted by Gasteiger charge is 2.34. The molecule has 0 bridgehead atoms. The first-order valence-electron chi connectivity index (χ1n) is 7.53. The quantitative estimate of drug-likeness (QED) is 0.511. The minimum atomic E-state index is -4.82. The van der Waals surface area contributed by atoms with E-state index >= 15 is 0 Å². The van der Waals surface area contributed by atoms with Crippen molar-refractivity contribution in [2.24, 2.45) is 0 Å². The number of halogens is 5. The zero-order chi connectivity index (χ0) is 20.8. The maximum absolute atomic E-state index is 13.9. The van der Waals surface area contributed by atoms with Crippen molar-refractivity contribution < 1.29 is 27.1 Å². The van der Waals surface area contributed by atoms with Gasteiger partial charge >= 0.3 is 12.1 Å². The van der Waals surface area contributed by atoms with Crippen molar-refractivity contribution in [2.45, 2.75) is 6.18 Å². The molecule has 0 aliphatic carbocycles. The summed E-state index contributed by atoms with van der Waals surface area (Å²) >= 11 is 5.90. The molecule has 0 saturated carbocycles. The number of methoxy groups -OCH3 is 1. The van der Waals surface area contributed by atoms with Crippen molar-refractivity contribution in [3.63, 3.8) is 0 Å². The number of nitrogens with two attached hydrogens (primary N) is 1. The third kappa shape index (κ3) is 3.05. The van der Waals surface area contributed by atoms with Crippen LogP contribution in [0.25, 0.3) is 16.7 Å². The number of fused-ring (bicyclic) bond motifs is 1. The first kappa shape index (κ1) is 19.6. The minimum Gasteiger partial charge on any atom is -0.465 e. The van der Waals surface area contributed by atoms with Gasteiger partial charge in [-0.3, -0.25) is 9.36 Å². The van der Waals surface area contributed by atoms with Gasteiger partial charge in [0.25, 0.3) is 5.56 Å². The van der Waals surface area contributed by atoms with Crippen LogP contribution in [0.3, 0.4) is 0 Å².